The first-order chi connectivity index (χ1) is 15.6. The topological polar surface area (TPSA) is 98.7 Å². The van der Waals surface area contributed by atoms with Gasteiger partial charge in [-0.25, -0.2) is 0 Å². The third kappa shape index (κ3) is 6.17. The van der Waals surface area contributed by atoms with E-state index in [0.717, 1.165) is 30.4 Å². The lowest BCUT2D eigenvalue weighted by molar-refractivity contribution is -0.147. The first-order valence-corrected chi connectivity index (χ1v) is 11.5. The van der Waals surface area contributed by atoms with E-state index < -0.39 is 17.5 Å². The first kappa shape index (κ1) is 24.0. The molecule has 4 N–H and O–H groups in total. The zero-order chi connectivity index (χ0) is 22.8. The van der Waals surface area contributed by atoms with Crippen LogP contribution in [-0.2, 0) is 22.4 Å². The number of amides is 2. The van der Waals surface area contributed by atoms with Gasteiger partial charge < -0.3 is 20.8 Å². The molecule has 2 aromatic rings. The number of hydrogen-bond acceptors (Lipinski definition) is 4. The molecule has 0 radical (unpaired) electrons. The molecule has 0 bridgehead atoms. The summed E-state index contributed by atoms with van der Waals surface area (Å²) in [6.07, 6.45) is 4.51. The minimum Gasteiger partial charge on any atom is -0.394 e. The van der Waals surface area contributed by atoms with Crippen molar-refractivity contribution in [3.63, 3.8) is 0 Å². The van der Waals surface area contributed by atoms with Crippen molar-refractivity contribution in [1.29, 1.82) is 0 Å². The fourth-order valence-electron chi connectivity index (χ4n) is 4.48. The van der Waals surface area contributed by atoms with E-state index in [1.165, 1.54) is 0 Å². The minimum absolute atomic E-state index is 0.203. The Morgan fingerprint density at radius 1 is 0.719 bits per heavy atom. The van der Waals surface area contributed by atoms with Crippen molar-refractivity contribution in [2.24, 2.45) is 5.41 Å². The third-order valence-electron chi connectivity index (χ3n) is 6.34. The zero-order valence-corrected chi connectivity index (χ0v) is 18.5. The van der Waals surface area contributed by atoms with E-state index >= 15 is 0 Å². The maximum atomic E-state index is 13.4. The van der Waals surface area contributed by atoms with Gasteiger partial charge in [0.25, 0.3) is 0 Å². The lowest BCUT2D eigenvalue weighted by Crippen LogP contribution is -2.57. The molecular weight excluding hydrogens is 404 g/mol. The fraction of sp³-hybridized carbons (Fsp3) is 0.462. The highest BCUT2D eigenvalue weighted by molar-refractivity contribution is 6.05. The molecule has 0 heterocycles. The summed E-state index contributed by atoms with van der Waals surface area (Å²) in [5, 5.41) is 25.6. The van der Waals surface area contributed by atoms with E-state index in [0.29, 0.717) is 25.7 Å². The number of aliphatic hydroxyl groups excluding tert-OH is 2. The van der Waals surface area contributed by atoms with Crippen LogP contribution in [0.15, 0.2) is 60.7 Å². The Morgan fingerprint density at radius 3 is 1.50 bits per heavy atom. The summed E-state index contributed by atoms with van der Waals surface area (Å²) in [5.41, 5.74) is 0.848. The number of carbonyl (C=O) groups excluding carboxylic acids is 2. The van der Waals surface area contributed by atoms with Gasteiger partial charge in [-0.05, 0) is 36.8 Å². The number of aliphatic hydroxyl groups is 2. The van der Waals surface area contributed by atoms with Gasteiger partial charge in [0.1, 0.15) is 5.41 Å². The van der Waals surface area contributed by atoms with E-state index in [9.17, 15) is 19.8 Å². The summed E-state index contributed by atoms with van der Waals surface area (Å²) >= 11 is 0. The van der Waals surface area contributed by atoms with Crippen molar-refractivity contribution in [3.05, 3.63) is 71.8 Å². The highest BCUT2D eigenvalue weighted by Crippen LogP contribution is 2.37. The van der Waals surface area contributed by atoms with E-state index in [1.54, 1.807) is 0 Å². The van der Waals surface area contributed by atoms with E-state index in [1.807, 2.05) is 60.7 Å². The lowest BCUT2D eigenvalue weighted by Gasteiger charge is -2.36. The molecule has 32 heavy (non-hydrogen) atoms. The first-order valence-electron chi connectivity index (χ1n) is 11.5. The summed E-state index contributed by atoms with van der Waals surface area (Å²) < 4.78 is 0. The summed E-state index contributed by atoms with van der Waals surface area (Å²) in [6.45, 7) is -0.406. The Morgan fingerprint density at radius 2 is 1.12 bits per heavy atom. The predicted molar refractivity (Wildman–Crippen MR) is 124 cm³/mol. The molecule has 1 fully saturated rings. The average molecular weight is 439 g/mol. The van der Waals surface area contributed by atoms with Crippen LogP contribution < -0.4 is 10.6 Å². The molecule has 0 saturated heterocycles. The van der Waals surface area contributed by atoms with Crippen LogP contribution in [0.5, 0.6) is 0 Å². The van der Waals surface area contributed by atoms with Gasteiger partial charge >= 0.3 is 0 Å². The maximum Gasteiger partial charge on any atom is 0.236 e. The lowest BCUT2D eigenvalue weighted by atomic mass is 9.72. The zero-order valence-electron chi connectivity index (χ0n) is 18.5. The highest BCUT2D eigenvalue weighted by atomic mass is 16.3. The summed E-state index contributed by atoms with van der Waals surface area (Å²) in [7, 11) is 0. The van der Waals surface area contributed by atoms with Crippen molar-refractivity contribution in [2.75, 3.05) is 13.2 Å². The van der Waals surface area contributed by atoms with E-state index in [4.69, 9.17) is 0 Å². The molecule has 1 saturated carbocycles. The van der Waals surface area contributed by atoms with Gasteiger partial charge in [0.05, 0.1) is 25.3 Å². The van der Waals surface area contributed by atoms with Crippen molar-refractivity contribution in [1.82, 2.24) is 10.6 Å². The molecular formula is C26H34N2O4. The maximum absolute atomic E-state index is 13.4. The molecule has 6 nitrogen and oxygen atoms in total. The van der Waals surface area contributed by atoms with Crippen molar-refractivity contribution < 1.29 is 19.8 Å². The van der Waals surface area contributed by atoms with E-state index in [2.05, 4.69) is 10.6 Å². The van der Waals surface area contributed by atoms with Crippen LogP contribution in [0.1, 0.15) is 43.2 Å². The Bertz CT molecular complexity index is 785. The molecule has 0 aromatic heterocycles. The molecule has 6 heteroatoms. The van der Waals surface area contributed by atoms with Crippen molar-refractivity contribution >= 4 is 11.8 Å². The van der Waals surface area contributed by atoms with Gasteiger partial charge in [-0.3, -0.25) is 9.59 Å². The van der Waals surface area contributed by atoms with E-state index in [-0.39, 0.29) is 25.0 Å². The van der Waals surface area contributed by atoms with Crippen LogP contribution in [0, 0.1) is 5.41 Å². The number of carbonyl (C=O) groups is 2. The normalized spacial score (nSPS) is 17.2. The largest absolute Gasteiger partial charge is 0.394 e. The Hall–Kier alpha value is -2.70. The predicted octanol–water partition coefficient (Wildman–Crippen LogP) is 2.38. The second-order valence-electron chi connectivity index (χ2n) is 8.73. The van der Waals surface area contributed by atoms with Crippen LogP contribution in [0.4, 0.5) is 0 Å². The number of rotatable bonds is 10. The second-order valence-corrected chi connectivity index (χ2v) is 8.73. The molecule has 0 spiro atoms. The number of nitrogens with one attached hydrogen (secondary N) is 2. The minimum atomic E-state index is -1.17. The van der Waals surface area contributed by atoms with Gasteiger partial charge in [-0.15, -0.1) is 0 Å². The highest BCUT2D eigenvalue weighted by Gasteiger charge is 2.47. The van der Waals surface area contributed by atoms with Crippen LogP contribution >= 0.6 is 0 Å². The standard InChI is InChI=1S/C26H34N2O4/c29-18-22(16-20-10-4-1-5-11-20)27-24(31)26(14-8-3-9-15-26)25(32)28-23(19-30)17-21-12-6-2-7-13-21/h1-2,4-7,10-13,22-23,29-30H,3,8-9,14-19H2,(H,27,31)(H,28,32)/t22-,23-/m0/s1. The number of hydrogen-bond donors (Lipinski definition) is 4. The van der Waals surface area contributed by atoms with Crippen LogP contribution in [0.3, 0.4) is 0 Å². The Kier molecular flexibility index (Phi) is 8.82. The van der Waals surface area contributed by atoms with Crippen molar-refractivity contribution in [3.8, 4) is 0 Å². The van der Waals surface area contributed by atoms with Gasteiger partial charge in [0.2, 0.25) is 11.8 Å². The third-order valence-corrected chi connectivity index (χ3v) is 6.34. The summed E-state index contributed by atoms with van der Waals surface area (Å²) in [6, 6.07) is 18.4. The SMILES string of the molecule is O=C(N[C@H](CO)Cc1ccccc1)C1(C(=O)N[C@H](CO)Cc2ccccc2)CCCCC1. The molecule has 2 atom stereocenters. The molecule has 2 amide bonds. The van der Waals surface area contributed by atoms with Crippen LogP contribution in [-0.4, -0.2) is 47.3 Å². The molecule has 172 valence electrons. The number of benzene rings is 2. The van der Waals surface area contributed by atoms with Gasteiger partial charge in [0.15, 0.2) is 0 Å². The second kappa shape index (κ2) is 11.8. The summed E-state index contributed by atoms with van der Waals surface area (Å²) in [4.78, 5) is 26.8. The van der Waals surface area contributed by atoms with Gasteiger partial charge in [-0.1, -0.05) is 79.9 Å². The quantitative estimate of drug-likeness (QED) is 0.428. The van der Waals surface area contributed by atoms with Gasteiger partial charge in [0, 0.05) is 0 Å². The molecule has 0 unspecified atom stereocenters. The molecule has 3 rings (SSSR count). The smallest absolute Gasteiger partial charge is 0.236 e. The summed E-state index contributed by atoms with van der Waals surface area (Å²) in [5.74, 6) is -0.665. The molecule has 2 aromatic carbocycles. The van der Waals surface area contributed by atoms with Gasteiger partial charge in [-0.2, -0.15) is 0 Å². The molecule has 1 aliphatic carbocycles. The Labute approximate surface area is 190 Å². The fourth-order valence-corrected chi connectivity index (χ4v) is 4.48. The average Bonchev–Trinajstić information content (AvgIpc) is 2.84. The van der Waals surface area contributed by atoms with Crippen LogP contribution in [0.25, 0.3) is 0 Å². The van der Waals surface area contributed by atoms with Crippen molar-refractivity contribution in [2.45, 2.75) is 57.0 Å². The molecule has 0 aliphatic heterocycles. The monoisotopic (exact) mass is 438 g/mol. The molecule has 1 aliphatic rings. The van der Waals surface area contributed by atoms with Crippen LogP contribution in [0.2, 0.25) is 0 Å². The Balaban J connectivity index is 1.71.